The van der Waals surface area contributed by atoms with E-state index < -0.39 is 11.2 Å². The third-order valence-corrected chi connectivity index (χ3v) is 5.35. The average molecular weight is 289 g/mol. The highest BCUT2D eigenvalue weighted by atomic mass is 16.6. The SMILES string of the molecule is O[C@@]12C#C/C=C\C#C[C@H]3Nc4ccccc4[C@]4(CC1)O[C@]34C2. The van der Waals surface area contributed by atoms with Crippen LogP contribution in [0.4, 0.5) is 5.69 Å². The first kappa shape index (κ1) is 12.4. The van der Waals surface area contributed by atoms with Crippen LogP contribution in [0.3, 0.4) is 0 Å². The molecule has 0 aromatic heterocycles. The molecule has 1 spiro atoms. The molecule has 108 valence electrons. The molecule has 4 aliphatic rings. The molecule has 2 fully saturated rings. The summed E-state index contributed by atoms with van der Waals surface area (Å²) < 4.78 is 6.35. The van der Waals surface area contributed by atoms with Gasteiger partial charge in [0.15, 0.2) is 0 Å². The van der Waals surface area contributed by atoms with Crippen LogP contribution in [0.1, 0.15) is 24.8 Å². The predicted octanol–water partition coefficient (Wildman–Crippen LogP) is 1.94. The zero-order valence-corrected chi connectivity index (χ0v) is 12.0. The summed E-state index contributed by atoms with van der Waals surface area (Å²) in [6, 6.07) is 8.14. The molecule has 2 N–H and O–H groups in total. The van der Waals surface area contributed by atoms with Gasteiger partial charge in [0, 0.05) is 17.7 Å². The summed E-state index contributed by atoms with van der Waals surface area (Å²) in [5, 5.41) is 14.4. The zero-order chi connectivity index (χ0) is 14.8. The number of hydrogen-bond acceptors (Lipinski definition) is 3. The number of ether oxygens (including phenoxy) is 1. The van der Waals surface area contributed by atoms with E-state index in [1.54, 1.807) is 12.2 Å². The number of allylic oxidation sites excluding steroid dienone is 2. The summed E-state index contributed by atoms with van der Waals surface area (Å²) in [7, 11) is 0. The summed E-state index contributed by atoms with van der Waals surface area (Å²) in [5.41, 5.74) is 0.505. The molecule has 2 aliphatic carbocycles. The van der Waals surface area contributed by atoms with Gasteiger partial charge >= 0.3 is 0 Å². The Morgan fingerprint density at radius 3 is 3.00 bits per heavy atom. The Morgan fingerprint density at radius 2 is 2.05 bits per heavy atom. The first-order chi connectivity index (χ1) is 10.7. The molecule has 1 aromatic carbocycles. The molecular formula is C19H15NO2. The molecule has 0 unspecified atom stereocenters. The van der Waals surface area contributed by atoms with E-state index in [0.717, 1.165) is 12.1 Å². The van der Waals surface area contributed by atoms with Crippen LogP contribution < -0.4 is 5.32 Å². The van der Waals surface area contributed by atoms with Gasteiger partial charge in [0.1, 0.15) is 22.8 Å². The molecule has 3 heteroatoms. The molecule has 5 rings (SSSR count). The molecular weight excluding hydrogens is 274 g/mol. The minimum absolute atomic E-state index is 0.126. The number of fused-ring (bicyclic) bond motifs is 2. The van der Waals surface area contributed by atoms with Crippen molar-refractivity contribution in [2.24, 2.45) is 0 Å². The number of hydrogen-bond donors (Lipinski definition) is 2. The molecule has 2 aliphatic heterocycles. The molecule has 3 nitrogen and oxygen atoms in total. The van der Waals surface area contributed by atoms with Crippen LogP contribution in [0.25, 0.3) is 0 Å². The van der Waals surface area contributed by atoms with E-state index in [9.17, 15) is 5.11 Å². The van der Waals surface area contributed by atoms with Crippen molar-refractivity contribution in [2.45, 2.75) is 42.1 Å². The fourth-order valence-electron chi connectivity index (χ4n) is 4.33. The van der Waals surface area contributed by atoms with Gasteiger partial charge in [0.2, 0.25) is 0 Å². The molecule has 4 atom stereocenters. The lowest BCUT2D eigenvalue weighted by atomic mass is 9.65. The van der Waals surface area contributed by atoms with Gasteiger partial charge in [-0.25, -0.2) is 0 Å². The normalized spacial score (nSPS) is 43.8. The van der Waals surface area contributed by atoms with Gasteiger partial charge in [0.05, 0.1) is 0 Å². The van der Waals surface area contributed by atoms with Crippen molar-refractivity contribution in [1.29, 1.82) is 0 Å². The summed E-state index contributed by atoms with van der Waals surface area (Å²) in [6.07, 6.45) is 5.35. The predicted molar refractivity (Wildman–Crippen MR) is 82.8 cm³/mol. The monoisotopic (exact) mass is 289 g/mol. The van der Waals surface area contributed by atoms with E-state index in [1.165, 1.54) is 5.56 Å². The highest BCUT2D eigenvalue weighted by molar-refractivity contribution is 5.65. The van der Waals surface area contributed by atoms with Crippen molar-refractivity contribution >= 4 is 5.69 Å². The maximum absolute atomic E-state index is 10.9. The number of anilines is 1. The molecule has 1 saturated heterocycles. The maximum atomic E-state index is 10.9. The van der Waals surface area contributed by atoms with E-state index in [-0.39, 0.29) is 11.6 Å². The number of benzene rings is 1. The van der Waals surface area contributed by atoms with Crippen LogP contribution in [0.15, 0.2) is 36.4 Å². The largest absolute Gasteiger partial charge is 0.377 e. The number of nitrogens with one attached hydrogen (secondary N) is 1. The van der Waals surface area contributed by atoms with Crippen LogP contribution in [0.5, 0.6) is 0 Å². The second-order valence-corrected chi connectivity index (χ2v) is 6.54. The molecule has 22 heavy (non-hydrogen) atoms. The molecule has 1 aromatic rings. The van der Waals surface area contributed by atoms with E-state index in [0.29, 0.717) is 12.8 Å². The van der Waals surface area contributed by atoms with Crippen molar-refractivity contribution < 1.29 is 9.84 Å². The van der Waals surface area contributed by atoms with Gasteiger partial charge in [-0.05, 0) is 31.1 Å². The second kappa shape index (κ2) is 3.76. The summed E-state index contributed by atoms with van der Waals surface area (Å²) in [4.78, 5) is 0. The Bertz CT molecular complexity index is 836. The summed E-state index contributed by atoms with van der Waals surface area (Å²) in [6.45, 7) is 0. The lowest BCUT2D eigenvalue weighted by Gasteiger charge is -2.40. The van der Waals surface area contributed by atoms with Gasteiger partial charge in [-0.15, -0.1) is 0 Å². The second-order valence-electron chi connectivity index (χ2n) is 6.54. The van der Waals surface area contributed by atoms with Gasteiger partial charge in [-0.1, -0.05) is 41.9 Å². The Labute approximate surface area is 129 Å². The van der Waals surface area contributed by atoms with Crippen LogP contribution in [-0.4, -0.2) is 22.4 Å². The lowest BCUT2D eigenvalue weighted by molar-refractivity contribution is 0.0399. The maximum Gasteiger partial charge on any atom is 0.138 e. The zero-order valence-electron chi connectivity index (χ0n) is 12.0. The first-order valence-corrected chi connectivity index (χ1v) is 7.65. The van der Waals surface area contributed by atoms with E-state index in [2.05, 4.69) is 41.1 Å². The third kappa shape index (κ3) is 1.36. The molecule has 2 heterocycles. The smallest absolute Gasteiger partial charge is 0.138 e. The van der Waals surface area contributed by atoms with Crippen molar-refractivity contribution in [1.82, 2.24) is 0 Å². The molecule has 2 bridgehead atoms. The van der Waals surface area contributed by atoms with Crippen LogP contribution >= 0.6 is 0 Å². The summed E-state index contributed by atoms with van der Waals surface area (Å²) >= 11 is 0. The lowest BCUT2D eigenvalue weighted by Crippen LogP contribution is -2.53. The Balaban J connectivity index is 1.73. The molecule has 0 amide bonds. The fraction of sp³-hybridized carbons (Fsp3) is 0.368. The quantitative estimate of drug-likeness (QED) is 0.567. The van der Waals surface area contributed by atoms with Crippen LogP contribution in [0, 0.1) is 23.7 Å². The minimum Gasteiger partial charge on any atom is -0.377 e. The van der Waals surface area contributed by atoms with E-state index in [1.807, 2.05) is 12.1 Å². The minimum atomic E-state index is -0.991. The number of para-hydroxylation sites is 1. The van der Waals surface area contributed by atoms with Gasteiger partial charge < -0.3 is 15.2 Å². The number of epoxide rings is 1. The van der Waals surface area contributed by atoms with Crippen LogP contribution in [0.2, 0.25) is 0 Å². The number of aliphatic hydroxyl groups is 1. The highest BCUT2D eigenvalue weighted by Crippen LogP contribution is 2.70. The number of rotatable bonds is 0. The Kier molecular flexibility index (Phi) is 2.11. The summed E-state index contributed by atoms with van der Waals surface area (Å²) in [5.74, 6) is 12.2. The van der Waals surface area contributed by atoms with E-state index >= 15 is 0 Å². The average Bonchev–Trinajstić information content (AvgIpc) is 3.20. The topological polar surface area (TPSA) is 44.8 Å². The molecule has 0 radical (unpaired) electrons. The van der Waals surface area contributed by atoms with Crippen LogP contribution in [-0.2, 0) is 10.3 Å². The first-order valence-electron chi connectivity index (χ1n) is 7.65. The Hall–Kier alpha value is -2.20. The standard InChI is InChI=1S/C19H15NO2/c21-17-10-6-2-1-3-9-16-19(13-17)18(22-19,12-11-17)14-7-4-5-8-15(14)20-16/h1-2,4-5,7-8,16,20-21H,11-13H2/b2-1-/t16-,17+,18+,19-/m1/s1. The Morgan fingerprint density at radius 1 is 1.18 bits per heavy atom. The fourth-order valence-corrected chi connectivity index (χ4v) is 4.33. The van der Waals surface area contributed by atoms with Crippen molar-refractivity contribution in [3.63, 3.8) is 0 Å². The van der Waals surface area contributed by atoms with Gasteiger partial charge in [-0.2, -0.15) is 0 Å². The van der Waals surface area contributed by atoms with Gasteiger partial charge in [-0.3, -0.25) is 0 Å². The van der Waals surface area contributed by atoms with Crippen molar-refractivity contribution in [2.75, 3.05) is 5.32 Å². The van der Waals surface area contributed by atoms with Crippen molar-refractivity contribution in [3.05, 3.63) is 42.0 Å². The highest BCUT2D eigenvalue weighted by Gasteiger charge is 2.79. The third-order valence-electron chi connectivity index (χ3n) is 5.35. The van der Waals surface area contributed by atoms with Gasteiger partial charge in [0.25, 0.3) is 0 Å². The van der Waals surface area contributed by atoms with Crippen molar-refractivity contribution in [3.8, 4) is 23.7 Å². The molecule has 1 saturated carbocycles. The van der Waals surface area contributed by atoms with E-state index in [4.69, 9.17) is 4.74 Å².